The van der Waals surface area contributed by atoms with Crippen LogP contribution >= 0.6 is 15.9 Å². The number of hydrogen-bond donors (Lipinski definition) is 0. The van der Waals surface area contributed by atoms with Crippen LogP contribution in [0.2, 0.25) is 0 Å². The van der Waals surface area contributed by atoms with Crippen molar-refractivity contribution in [3.05, 3.63) is 0 Å². The third-order valence-electron chi connectivity index (χ3n) is 1.87. The highest BCUT2D eigenvalue weighted by Gasteiger charge is 2.32. The standard InChI is InChI=1S/C9H15BrO3/c1-6(11)7(10)5-9(2,3)8(12)13-4/h7H,5H2,1-4H3. The molecule has 0 saturated heterocycles. The lowest BCUT2D eigenvalue weighted by Crippen LogP contribution is -2.30. The summed E-state index contributed by atoms with van der Waals surface area (Å²) in [6.07, 6.45) is 0.453. The molecule has 0 aromatic heterocycles. The summed E-state index contributed by atoms with van der Waals surface area (Å²) in [4.78, 5) is 21.9. The first kappa shape index (κ1) is 12.6. The summed E-state index contributed by atoms with van der Waals surface area (Å²) >= 11 is 3.22. The van der Waals surface area contributed by atoms with Crippen LogP contribution in [0.25, 0.3) is 0 Å². The van der Waals surface area contributed by atoms with E-state index in [0.29, 0.717) is 6.42 Å². The van der Waals surface area contributed by atoms with E-state index < -0.39 is 5.41 Å². The molecule has 1 unspecified atom stereocenters. The fraction of sp³-hybridized carbons (Fsp3) is 0.778. The molecule has 0 aromatic rings. The minimum Gasteiger partial charge on any atom is -0.469 e. The molecule has 0 spiro atoms. The molecule has 3 nitrogen and oxygen atoms in total. The second kappa shape index (κ2) is 4.74. The highest BCUT2D eigenvalue weighted by atomic mass is 79.9. The largest absolute Gasteiger partial charge is 0.469 e. The van der Waals surface area contributed by atoms with Gasteiger partial charge in [-0.2, -0.15) is 0 Å². The molecule has 0 saturated carbocycles. The summed E-state index contributed by atoms with van der Waals surface area (Å²) in [5.41, 5.74) is -0.616. The minimum atomic E-state index is -0.616. The van der Waals surface area contributed by atoms with Crippen LogP contribution in [-0.4, -0.2) is 23.7 Å². The van der Waals surface area contributed by atoms with Crippen molar-refractivity contribution in [2.45, 2.75) is 32.0 Å². The number of esters is 1. The predicted molar refractivity (Wildman–Crippen MR) is 53.8 cm³/mol. The Bertz CT molecular complexity index is 211. The predicted octanol–water partition coefficient (Wildman–Crippen LogP) is 1.93. The highest BCUT2D eigenvalue weighted by Crippen LogP contribution is 2.27. The van der Waals surface area contributed by atoms with Crippen LogP contribution in [0, 0.1) is 5.41 Å². The molecule has 13 heavy (non-hydrogen) atoms. The molecule has 0 N–H and O–H groups in total. The second-order valence-electron chi connectivity index (χ2n) is 3.66. The van der Waals surface area contributed by atoms with Gasteiger partial charge in [0, 0.05) is 0 Å². The summed E-state index contributed by atoms with van der Waals surface area (Å²) < 4.78 is 4.62. The third kappa shape index (κ3) is 3.89. The first-order chi connectivity index (χ1) is 5.81. The van der Waals surface area contributed by atoms with Gasteiger partial charge in [-0.05, 0) is 27.2 Å². The van der Waals surface area contributed by atoms with Gasteiger partial charge >= 0.3 is 5.97 Å². The van der Waals surface area contributed by atoms with Crippen molar-refractivity contribution in [3.63, 3.8) is 0 Å². The Hall–Kier alpha value is -0.380. The number of Topliss-reactive ketones (excluding diaryl/α,β-unsaturated/α-hetero) is 1. The van der Waals surface area contributed by atoms with Crippen LogP contribution in [0.4, 0.5) is 0 Å². The van der Waals surface area contributed by atoms with Gasteiger partial charge in [0.1, 0.15) is 5.78 Å². The van der Waals surface area contributed by atoms with E-state index in [1.54, 1.807) is 13.8 Å². The van der Waals surface area contributed by atoms with Crippen LogP contribution in [0.3, 0.4) is 0 Å². The lowest BCUT2D eigenvalue weighted by molar-refractivity contribution is -0.151. The van der Waals surface area contributed by atoms with Crippen LogP contribution in [0.5, 0.6) is 0 Å². The van der Waals surface area contributed by atoms with E-state index in [1.165, 1.54) is 14.0 Å². The Morgan fingerprint density at radius 3 is 2.23 bits per heavy atom. The molecule has 1 atom stereocenters. The number of rotatable bonds is 4. The van der Waals surface area contributed by atoms with E-state index in [9.17, 15) is 9.59 Å². The molecule has 0 amide bonds. The Kier molecular flexibility index (Phi) is 4.61. The maximum atomic E-state index is 11.2. The van der Waals surface area contributed by atoms with Crippen molar-refractivity contribution in [1.82, 2.24) is 0 Å². The average molecular weight is 251 g/mol. The molecule has 0 radical (unpaired) electrons. The van der Waals surface area contributed by atoms with E-state index in [0.717, 1.165) is 0 Å². The van der Waals surface area contributed by atoms with Gasteiger partial charge in [-0.15, -0.1) is 0 Å². The van der Waals surface area contributed by atoms with Gasteiger partial charge < -0.3 is 4.74 Å². The van der Waals surface area contributed by atoms with Crippen LogP contribution in [0.15, 0.2) is 0 Å². The molecule has 76 valence electrons. The number of carbonyl (C=O) groups excluding carboxylic acids is 2. The van der Waals surface area contributed by atoms with Crippen molar-refractivity contribution in [2.24, 2.45) is 5.41 Å². The maximum absolute atomic E-state index is 11.2. The molecule has 0 heterocycles. The van der Waals surface area contributed by atoms with Crippen molar-refractivity contribution < 1.29 is 14.3 Å². The van der Waals surface area contributed by atoms with Crippen molar-refractivity contribution in [2.75, 3.05) is 7.11 Å². The minimum absolute atomic E-state index is 0.0250. The summed E-state index contributed by atoms with van der Waals surface area (Å²) in [5, 5.41) is 0. The summed E-state index contributed by atoms with van der Waals surface area (Å²) in [6, 6.07) is 0. The molecule has 0 aliphatic carbocycles. The Morgan fingerprint density at radius 2 is 1.92 bits per heavy atom. The van der Waals surface area contributed by atoms with Crippen LogP contribution in [0.1, 0.15) is 27.2 Å². The molecule has 4 heteroatoms. The molecule has 0 aromatic carbocycles. The SMILES string of the molecule is COC(=O)C(C)(C)CC(Br)C(C)=O. The lowest BCUT2D eigenvalue weighted by atomic mass is 9.87. The molecule has 0 bridgehead atoms. The zero-order valence-corrected chi connectivity index (χ0v) is 9.97. The van der Waals surface area contributed by atoms with Crippen molar-refractivity contribution in [1.29, 1.82) is 0 Å². The van der Waals surface area contributed by atoms with Gasteiger partial charge in [-0.3, -0.25) is 9.59 Å². The van der Waals surface area contributed by atoms with E-state index in [-0.39, 0.29) is 16.6 Å². The molecular weight excluding hydrogens is 236 g/mol. The van der Waals surface area contributed by atoms with Gasteiger partial charge in [0.25, 0.3) is 0 Å². The zero-order chi connectivity index (χ0) is 10.6. The van der Waals surface area contributed by atoms with E-state index in [4.69, 9.17) is 0 Å². The first-order valence-corrected chi connectivity index (χ1v) is 4.95. The number of alkyl halides is 1. The summed E-state index contributed by atoms with van der Waals surface area (Å²) in [7, 11) is 1.35. The molecule has 0 rings (SSSR count). The number of halogens is 1. The number of ketones is 1. The Morgan fingerprint density at radius 1 is 1.46 bits per heavy atom. The van der Waals surface area contributed by atoms with E-state index >= 15 is 0 Å². The van der Waals surface area contributed by atoms with Crippen LogP contribution < -0.4 is 0 Å². The highest BCUT2D eigenvalue weighted by molar-refractivity contribution is 9.10. The quantitative estimate of drug-likeness (QED) is 0.566. The maximum Gasteiger partial charge on any atom is 0.311 e. The number of carbonyl (C=O) groups is 2. The van der Waals surface area contributed by atoms with Crippen LogP contribution in [-0.2, 0) is 14.3 Å². The number of hydrogen-bond acceptors (Lipinski definition) is 3. The topological polar surface area (TPSA) is 43.4 Å². The smallest absolute Gasteiger partial charge is 0.311 e. The number of methoxy groups -OCH3 is 1. The summed E-state index contributed by atoms with van der Waals surface area (Å²) in [6.45, 7) is 5.01. The van der Waals surface area contributed by atoms with Gasteiger partial charge in [0.05, 0.1) is 17.4 Å². The van der Waals surface area contributed by atoms with Gasteiger partial charge in [-0.1, -0.05) is 15.9 Å². The third-order valence-corrected chi connectivity index (χ3v) is 2.84. The molecule has 0 aliphatic heterocycles. The van der Waals surface area contributed by atoms with E-state index in [1.807, 2.05) is 0 Å². The van der Waals surface area contributed by atoms with Crippen molar-refractivity contribution >= 4 is 27.7 Å². The fourth-order valence-electron chi connectivity index (χ4n) is 0.951. The fourth-order valence-corrected chi connectivity index (χ4v) is 1.76. The Balaban J connectivity index is 4.32. The van der Waals surface area contributed by atoms with Crippen molar-refractivity contribution in [3.8, 4) is 0 Å². The average Bonchev–Trinajstić information content (AvgIpc) is 2.01. The first-order valence-electron chi connectivity index (χ1n) is 4.04. The zero-order valence-electron chi connectivity index (χ0n) is 8.39. The lowest BCUT2D eigenvalue weighted by Gasteiger charge is -2.22. The normalized spacial score (nSPS) is 13.6. The Labute approximate surface area is 87.0 Å². The second-order valence-corrected chi connectivity index (χ2v) is 4.76. The number of ether oxygens (including phenoxy) is 1. The molecule has 0 aliphatic rings. The van der Waals surface area contributed by atoms with Gasteiger partial charge in [0.15, 0.2) is 0 Å². The monoisotopic (exact) mass is 250 g/mol. The van der Waals surface area contributed by atoms with Gasteiger partial charge in [0.2, 0.25) is 0 Å². The van der Waals surface area contributed by atoms with E-state index in [2.05, 4.69) is 20.7 Å². The summed E-state index contributed by atoms with van der Waals surface area (Å²) in [5.74, 6) is -0.268. The molecular formula is C9H15BrO3. The molecule has 0 fully saturated rings. The van der Waals surface area contributed by atoms with Gasteiger partial charge in [-0.25, -0.2) is 0 Å².